The molecule has 0 aliphatic heterocycles. The molecule has 0 saturated heterocycles. The summed E-state index contributed by atoms with van der Waals surface area (Å²) in [5.41, 5.74) is 16.1. The van der Waals surface area contributed by atoms with E-state index in [1.54, 1.807) is 0 Å². The summed E-state index contributed by atoms with van der Waals surface area (Å²) in [6.07, 6.45) is 0. The Balaban J connectivity index is 3.21. The highest BCUT2D eigenvalue weighted by Gasteiger charge is 2.29. The maximum Gasteiger partial charge on any atom is 0.106 e. The maximum absolute atomic E-state index is 11.6. The Labute approximate surface area is 178 Å². The van der Waals surface area contributed by atoms with Gasteiger partial charge in [-0.15, -0.1) is 0 Å². The number of rotatable bonds is 2. The minimum absolute atomic E-state index is 0.341. The predicted octanol–water partition coefficient (Wildman–Crippen LogP) is 8.13. The van der Waals surface area contributed by atoms with Crippen LogP contribution in [-0.2, 0) is 0 Å². The minimum Gasteiger partial charge on any atom is -0.511 e. The average molecular weight is 393 g/mol. The molecule has 0 fully saturated rings. The first-order chi connectivity index (χ1) is 13.1. The zero-order valence-corrected chi connectivity index (χ0v) is 20.9. The van der Waals surface area contributed by atoms with Crippen LogP contribution < -0.4 is 0 Å². The summed E-state index contributed by atoms with van der Waals surface area (Å²) in [5.74, 6) is 0.472. The molecule has 0 unspecified atom stereocenters. The van der Waals surface area contributed by atoms with Gasteiger partial charge in [-0.2, -0.15) is 0 Å². The molecule has 2 rings (SSSR count). The molecule has 1 nitrogen and oxygen atoms in total. The normalized spacial score (nSPS) is 11.8. The lowest BCUT2D eigenvalue weighted by atomic mass is 9.76. The molecule has 1 N–H and O–H groups in total. The largest absolute Gasteiger partial charge is 0.511 e. The van der Waals surface area contributed by atoms with Gasteiger partial charge in [0.25, 0.3) is 0 Å². The SMILES string of the molecule is Cc1c(C)c(C)c(C(=C(O)C(C)(C)C)c2c(C)c(C)c(C)c(C)c2C)c(C)c1C. The van der Waals surface area contributed by atoms with Crippen molar-refractivity contribution in [3.8, 4) is 0 Å². The van der Waals surface area contributed by atoms with Crippen molar-refractivity contribution < 1.29 is 5.11 Å². The van der Waals surface area contributed by atoms with E-state index >= 15 is 0 Å². The number of hydrogen-bond acceptors (Lipinski definition) is 1. The topological polar surface area (TPSA) is 20.2 Å². The number of benzene rings is 2. The first kappa shape index (κ1) is 23.3. The Morgan fingerprint density at radius 3 is 0.862 bits per heavy atom. The van der Waals surface area contributed by atoms with Crippen LogP contribution in [0.25, 0.3) is 5.57 Å². The second-order valence-electron chi connectivity index (χ2n) is 9.97. The smallest absolute Gasteiger partial charge is 0.106 e. The van der Waals surface area contributed by atoms with Gasteiger partial charge in [-0.25, -0.2) is 0 Å². The van der Waals surface area contributed by atoms with Crippen molar-refractivity contribution in [2.45, 2.75) is 90.0 Å². The molecule has 2 aromatic rings. The molecular weight excluding hydrogens is 352 g/mol. The van der Waals surface area contributed by atoms with E-state index in [1.807, 2.05) is 0 Å². The van der Waals surface area contributed by atoms with Gasteiger partial charge in [0.05, 0.1) is 0 Å². The van der Waals surface area contributed by atoms with Gasteiger partial charge < -0.3 is 5.11 Å². The summed E-state index contributed by atoms with van der Waals surface area (Å²) < 4.78 is 0. The van der Waals surface area contributed by atoms with Gasteiger partial charge in [0, 0.05) is 11.0 Å². The number of allylic oxidation sites excluding steroid dienone is 1. The second kappa shape index (κ2) is 7.67. The molecule has 0 aliphatic rings. The monoisotopic (exact) mass is 392 g/mol. The zero-order valence-electron chi connectivity index (χ0n) is 20.9. The average Bonchev–Trinajstić information content (AvgIpc) is 2.65. The quantitative estimate of drug-likeness (QED) is 0.511. The fourth-order valence-corrected chi connectivity index (χ4v) is 4.49. The predicted molar refractivity (Wildman–Crippen MR) is 128 cm³/mol. The molecule has 0 bridgehead atoms. The summed E-state index contributed by atoms with van der Waals surface area (Å²) >= 11 is 0. The molecule has 29 heavy (non-hydrogen) atoms. The maximum atomic E-state index is 11.6. The lowest BCUT2D eigenvalue weighted by Crippen LogP contribution is -2.16. The van der Waals surface area contributed by atoms with E-state index in [0.29, 0.717) is 5.76 Å². The summed E-state index contributed by atoms with van der Waals surface area (Å²) in [5, 5.41) is 11.6. The van der Waals surface area contributed by atoms with E-state index in [0.717, 1.165) is 5.57 Å². The fraction of sp³-hybridized carbons (Fsp3) is 0.500. The Hall–Kier alpha value is -2.02. The van der Waals surface area contributed by atoms with Crippen LogP contribution in [0.4, 0.5) is 0 Å². The molecule has 0 aromatic heterocycles. The van der Waals surface area contributed by atoms with Crippen LogP contribution in [0.3, 0.4) is 0 Å². The van der Waals surface area contributed by atoms with Crippen LogP contribution in [0.1, 0.15) is 87.5 Å². The molecule has 0 amide bonds. The Bertz CT molecular complexity index is 894. The molecule has 0 atom stereocenters. The standard InChI is InChI=1S/C28H40O/c1-14-16(3)20(7)24(21(8)17(14)4)26(27(29)28(11,12)13)25-22(9)18(5)15(2)19(6)23(25)10/h29H,1-13H3. The zero-order chi connectivity index (χ0) is 22.6. The molecule has 0 aliphatic carbocycles. The number of aliphatic hydroxyl groups is 1. The van der Waals surface area contributed by atoms with Gasteiger partial charge >= 0.3 is 0 Å². The first-order valence-electron chi connectivity index (χ1n) is 10.7. The number of aliphatic hydroxyl groups excluding tert-OH is 1. The third-order valence-corrected chi connectivity index (χ3v) is 7.45. The molecule has 2 aromatic carbocycles. The molecule has 1 heteroatoms. The van der Waals surface area contributed by atoms with Crippen LogP contribution in [0.15, 0.2) is 5.76 Å². The van der Waals surface area contributed by atoms with E-state index in [9.17, 15) is 5.11 Å². The van der Waals surface area contributed by atoms with Crippen LogP contribution in [-0.4, -0.2) is 5.11 Å². The van der Waals surface area contributed by atoms with Gasteiger partial charge in [0.2, 0.25) is 0 Å². The van der Waals surface area contributed by atoms with Crippen molar-refractivity contribution in [1.82, 2.24) is 0 Å². The van der Waals surface area contributed by atoms with E-state index < -0.39 is 0 Å². The van der Waals surface area contributed by atoms with Crippen molar-refractivity contribution >= 4 is 5.57 Å². The summed E-state index contributed by atoms with van der Waals surface area (Å²) in [4.78, 5) is 0. The fourth-order valence-electron chi connectivity index (χ4n) is 4.49. The Morgan fingerprint density at radius 2 is 0.655 bits per heavy atom. The molecular formula is C28H40O. The van der Waals surface area contributed by atoms with Crippen LogP contribution in [0.2, 0.25) is 0 Å². The van der Waals surface area contributed by atoms with Gasteiger partial charge in [-0.05, 0) is 136 Å². The molecule has 0 saturated carbocycles. The van der Waals surface area contributed by atoms with Crippen molar-refractivity contribution in [3.05, 3.63) is 72.5 Å². The van der Waals surface area contributed by atoms with Crippen LogP contribution in [0, 0.1) is 74.7 Å². The highest BCUT2D eigenvalue weighted by Crippen LogP contribution is 2.43. The molecule has 158 valence electrons. The van der Waals surface area contributed by atoms with Crippen molar-refractivity contribution in [2.24, 2.45) is 5.41 Å². The first-order valence-corrected chi connectivity index (χ1v) is 10.7. The third kappa shape index (κ3) is 3.65. The molecule has 0 spiro atoms. The van der Waals surface area contributed by atoms with Gasteiger partial charge in [-0.3, -0.25) is 0 Å². The molecule has 0 heterocycles. The van der Waals surface area contributed by atoms with Crippen LogP contribution >= 0.6 is 0 Å². The van der Waals surface area contributed by atoms with Crippen LogP contribution in [0.5, 0.6) is 0 Å². The minimum atomic E-state index is -0.341. The second-order valence-corrected chi connectivity index (χ2v) is 9.97. The van der Waals surface area contributed by atoms with Gasteiger partial charge in [0.15, 0.2) is 0 Å². The highest BCUT2D eigenvalue weighted by molar-refractivity contribution is 5.89. The highest BCUT2D eigenvalue weighted by atomic mass is 16.3. The van der Waals surface area contributed by atoms with Crippen molar-refractivity contribution in [1.29, 1.82) is 0 Å². The summed E-state index contributed by atoms with van der Waals surface area (Å²) in [6.45, 7) is 28.4. The lowest BCUT2D eigenvalue weighted by molar-refractivity contribution is 0.280. The van der Waals surface area contributed by atoms with E-state index in [2.05, 4.69) is 90.0 Å². The van der Waals surface area contributed by atoms with E-state index in [-0.39, 0.29) is 5.41 Å². The summed E-state index contributed by atoms with van der Waals surface area (Å²) in [7, 11) is 0. The van der Waals surface area contributed by atoms with E-state index in [4.69, 9.17) is 0 Å². The third-order valence-electron chi connectivity index (χ3n) is 7.45. The van der Waals surface area contributed by atoms with Crippen molar-refractivity contribution in [2.75, 3.05) is 0 Å². The number of hydrogen-bond donors (Lipinski definition) is 1. The van der Waals surface area contributed by atoms with Gasteiger partial charge in [-0.1, -0.05) is 20.8 Å². The lowest BCUT2D eigenvalue weighted by Gasteiger charge is -2.29. The molecule has 0 radical (unpaired) electrons. The van der Waals surface area contributed by atoms with Gasteiger partial charge in [0.1, 0.15) is 5.76 Å². The van der Waals surface area contributed by atoms with E-state index in [1.165, 1.54) is 66.8 Å². The Morgan fingerprint density at radius 1 is 0.448 bits per heavy atom. The Kier molecular flexibility index (Phi) is 6.15. The van der Waals surface area contributed by atoms with Crippen molar-refractivity contribution in [3.63, 3.8) is 0 Å². The summed E-state index contributed by atoms with van der Waals surface area (Å²) in [6, 6.07) is 0.